The summed E-state index contributed by atoms with van der Waals surface area (Å²) in [4.78, 5) is 0. The molecule has 1 aliphatic rings. The molecule has 1 aliphatic heterocycles. The van der Waals surface area contributed by atoms with E-state index >= 15 is 4.39 Å². The van der Waals surface area contributed by atoms with Gasteiger partial charge in [-0.05, 0) is 16.7 Å². The van der Waals surface area contributed by atoms with Crippen LogP contribution in [0.25, 0.3) is 0 Å². The Hall–Kier alpha value is -2.65. The van der Waals surface area contributed by atoms with Gasteiger partial charge in [0, 0.05) is 0 Å². The van der Waals surface area contributed by atoms with Crippen molar-refractivity contribution in [3.63, 3.8) is 0 Å². The lowest BCUT2D eigenvalue weighted by Crippen LogP contribution is -2.66. The van der Waals surface area contributed by atoms with Crippen molar-refractivity contribution in [2.75, 3.05) is 13.2 Å². The first-order valence-electron chi connectivity index (χ1n) is 11.7. The number of benzene rings is 3. The van der Waals surface area contributed by atoms with Crippen molar-refractivity contribution in [2.24, 2.45) is 0 Å². The number of hydrogen-bond acceptors (Lipinski definition) is 6. The molecule has 1 heterocycles. The number of aliphatic hydroxyl groups is 2. The van der Waals surface area contributed by atoms with E-state index in [-0.39, 0.29) is 19.8 Å². The Labute approximate surface area is 204 Å². The molecule has 0 amide bonds. The van der Waals surface area contributed by atoms with Crippen LogP contribution in [0.5, 0.6) is 0 Å². The zero-order valence-corrected chi connectivity index (χ0v) is 19.4. The van der Waals surface area contributed by atoms with Gasteiger partial charge in [-0.15, -0.1) is 0 Å². The van der Waals surface area contributed by atoms with E-state index < -0.39 is 36.9 Å². The van der Waals surface area contributed by atoms with Crippen molar-refractivity contribution in [1.29, 1.82) is 0 Å². The number of halogens is 1. The van der Waals surface area contributed by atoms with Crippen LogP contribution in [-0.2, 0) is 38.8 Å². The fraction of sp³-hybridized carbons (Fsp3) is 0.357. The molecule has 0 radical (unpaired) electrons. The quantitative estimate of drug-likeness (QED) is 0.433. The van der Waals surface area contributed by atoms with Crippen LogP contribution in [0, 0.1) is 0 Å². The Morgan fingerprint density at radius 1 is 0.714 bits per heavy atom. The van der Waals surface area contributed by atoms with E-state index in [1.54, 1.807) is 0 Å². The van der Waals surface area contributed by atoms with Gasteiger partial charge in [0.1, 0.15) is 24.9 Å². The molecule has 2 N–H and O–H groups in total. The second-order valence-electron chi connectivity index (χ2n) is 8.58. The van der Waals surface area contributed by atoms with Gasteiger partial charge in [0.15, 0.2) is 6.17 Å². The smallest absolute Gasteiger partial charge is 0.224 e. The molecular formula is C28H31FO6. The molecule has 0 saturated carbocycles. The van der Waals surface area contributed by atoms with E-state index in [0.29, 0.717) is 6.61 Å². The predicted octanol–water partition coefficient (Wildman–Crippen LogP) is 3.79. The van der Waals surface area contributed by atoms with E-state index in [1.165, 1.54) is 0 Å². The first-order chi connectivity index (χ1) is 17.1. The SMILES string of the molecule is OC[C@]1(O)OC(COCc2ccccc2)[C@@H](OCc2ccccc2)C(OCc2ccccc2)C1F. The highest BCUT2D eigenvalue weighted by Gasteiger charge is 2.56. The number of ether oxygens (including phenoxy) is 4. The Morgan fingerprint density at radius 3 is 1.66 bits per heavy atom. The van der Waals surface area contributed by atoms with Gasteiger partial charge in [-0.2, -0.15) is 0 Å². The molecule has 3 aromatic carbocycles. The summed E-state index contributed by atoms with van der Waals surface area (Å²) in [6.07, 6.45) is -5.01. The lowest BCUT2D eigenvalue weighted by Gasteiger charge is -2.47. The summed E-state index contributed by atoms with van der Waals surface area (Å²) in [6.45, 7) is -0.317. The Morgan fingerprint density at radius 2 is 1.17 bits per heavy atom. The lowest BCUT2D eigenvalue weighted by molar-refractivity contribution is -0.357. The number of aliphatic hydroxyl groups excluding tert-OH is 1. The summed E-state index contributed by atoms with van der Waals surface area (Å²) < 4.78 is 39.2. The molecule has 4 rings (SSSR count). The highest BCUT2D eigenvalue weighted by molar-refractivity contribution is 5.15. The largest absolute Gasteiger partial charge is 0.391 e. The van der Waals surface area contributed by atoms with E-state index in [9.17, 15) is 10.2 Å². The molecule has 186 valence electrons. The molecule has 0 aliphatic carbocycles. The average Bonchev–Trinajstić information content (AvgIpc) is 2.91. The second kappa shape index (κ2) is 12.4. The Bertz CT molecular complexity index is 1010. The molecule has 3 unspecified atom stereocenters. The first-order valence-corrected chi connectivity index (χ1v) is 11.7. The molecule has 0 aromatic heterocycles. The summed E-state index contributed by atoms with van der Waals surface area (Å²) in [6, 6.07) is 28.4. The van der Waals surface area contributed by atoms with Crippen LogP contribution in [0.1, 0.15) is 16.7 Å². The average molecular weight is 483 g/mol. The standard InChI is InChI=1S/C28H31FO6/c29-27-26(34-18-23-14-8-3-9-15-23)25(33-17-22-12-6-2-7-13-22)24(35-28(27,31)20-30)19-32-16-21-10-4-1-5-11-21/h1-15,24-27,30-31H,16-20H2/t24?,25-,26?,27?,28+/m1/s1. The molecule has 7 heteroatoms. The van der Waals surface area contributed by atoms with Crippen molar-refractivity contribution in [2.45, 2.75) is 50.1 Å². The van der Waals surface area contributed by atoms with Gasteiger partial charge >= 0.3 is 0 Å². The molecule has 0 bridgehead atoms. The Kier molecular flexibility index (Phi) is 8.98. The summed E-state index contributed by atoms with van der Waals surface area (Å²) in [7, 11) is 0. The molecule has 1 saturated heterocycles. The van der Waals surface area contributed by atoms with E-state index in [1.807, 2.05) is 91.0 Å². The number of alkyl halides is 1. The zero-order chi connectivity index (χ0) is 24.5. The van der Waals surface area contributed by atoms with Crippen LogP contribution in [0.15, 0.2) is 91.0 Å². The highest BCUT2D eigenvalue weighted by atomic mass is 19.1. The van der Waals surface area contributed by atoms with Crippen molar-refractivity contribution in [1.82, 2.24) is 0 Å². The van der Waals surface area contributed by atoms with E-state index in [2.05, 4.69) is 0 Å². The predicted molar refractivity (Wildman–Crippen MR) is 128 cm³/mol. The van der Waals surface area contributed by atoms with Crippen LogP contribution >= 0.6 is 0 Å². The van der Waals surface area contributed by atoms with E-state index in [0.717, 1.165) is 16.7 Å². The fourth-order valence-corrected chi connectivity index (χ4v) is 4.06. The zero-order valence-electron chi connectivity index (χ0n) is 19.4. The van der Waals surface area contributed by atoms with Gasteiger partial charge in [-0.25, -0.2) is 4.39 Å². The van der Waals surface area contributed by atoms with Crippen LogP contribution in [0.2, 0.25) is 0 Å². The van der Waals surface area contributed by atoms with Gasteiger partial charge in [-0.3, -0.25) is 0 Å². The second-order valence-corrected chi connectivity index (χ2v) is 8.58. The van der Waals surface area contributed by atoms with Crippen molar-refractivity contribution < 1.29 is 33.6 Å². The van der Waals surface area contributed by atoms with Crippen molar-refractivity contribution >= 4 is 0 Å². The molecule has 0 spiro atoms. The lowest BCUT2D eigenvalue weighted by atomic mass is 9.93. The Balaban J connectivity index is 1.53. The summed E-state index contributed by atoms with van der Waals surface area (Å²) in [5.41, 5.74) is 2.71. The maximum atomic E-state index is 15.6. The maximum absolute atomic E-state index is 15.6. The third kappa shape index (κ3) is 6.73. The van der Waals surface area contributed by atoms with Crippen LogP contribution in [0.3, 0.4) is 0 Å². The third-order valence-electron chi connectivity index (χ3n) is 5.96. The van der Waals surface area contributed by atoms with Crippen LogP contribution in [-0.4, -0.2) is 53.7 Å². The van der Waals surface area contributed by atoms with Gasteiger partial charge < -0.3 is 29.2 Å². The van der Waals surface area contributed by atoms with Crippen molar-refractivity contribution in [3.05, 3.63) is 108 Å². The molecule has 35 heavy (non-hydrogen) atoms. The van der Waals surface area contributed by atoms with Gasteiger partial charge in [-0.1, -0.05) is 91.0 Å². The van der Waals surface area contributed by atoms with Gasteiger partial charge in [0.2, 0.25) is 5.79 Å². The summed E-state index contributed by atoms with van der Waals surface area (Å²) >= 11 is 0. The summed E-state index contributed by atoms with van der Waals surface area (Å²) in [5, 5.41) is 20.6. The minimum atomic E-state index is -2.44. The minimum absolute atomic E-state index is 0.00851. The molecule has 5 atom stereocenters. The number of hydrogen-bond donors (Lipinski definition) is 2. The number of rotatable bonds is 11. The topological polar surface area (TPSA) is 77.4 Å². The van der Waals surface area contributed by atoms with Gasteiger partial charge in [0.05, 0.1) is 26.4 Å². The molecule has 1 fully saturated rings. The normalized spacial score (nSPS) is 26.5. The van der Waals surface area contributed by atoms with Crippen LogP contribution < -0.4 is 0 Å². The molecule has 3 aromatic rings. The van der Waals surface area contributed by atoms with E-state index in [4.69, 9.17) is 18.9 Å². The third-order valence-corrected chi connectivity index (χ3v) is 5.96. The van der Waals surface area contributed by atoms with Crippen molar-refractivity contribution in [3.8, 4) is 0 Å². The maximum Gasteiger partial charge on any atom is 0.224 e. The molecular weight excluding hydrogens is 451 g/mol. The highest BCUT2D eigenvalue weighted by Crippen LogP contribution is 2.35. The first kappa shape index (κ1) is 25.4. The summed E-state index contributed by atoms with van der Waals surface area (Å²) in [5.74, 6) is -2.44. The van der Waals surface area contributed by atoms with Gasteiger partial charge in [0.25, 0.3) is 0 Å². The van der Waals surface area contributed by atoms with Crippen LogP contribution in [0.4, 0.5) is 4.39 Å². The molecule has 6 nitrogen and oxygen atoms in total. The monoisotopic (exact) mass is 482 g/mol. The minimum Gasteiger partial charge on any atom is -0.391 e. The fourth-order valence-electron chi connectivity index (χ4n) is 4.06.